The summed E-state index contributed by atoms with van der Waals surface area (Å²) >= 11 is 6.69. The first-order chi connectivity index (χ1) is 4.83. The maximum absolute atomic E-state index is 4.26. The number of hydrogen-bond donors (Lipinski definition) is 0. The van der Waals surface area contributed by atoms with E-state index in [0.29, 0.717) is 0 Å². The van der Waals surface area contributed by atoms with Crippen molar-refractivity contribution in [3.63, 3.8) is 0 Å². The van der Waals surface area contributed by atoms with Gasteiger partial charge in [0.15, 0.2) is 0 Å². The predicted octanol–water partition coefficient (Wildman–Crippen LogP) is 3.09. The summed E-state index contributed by atoms with van der Waals surface area (Å²) in [5.41, 5.74) is 0. The van der Waals surface area contributed by atoms with Gasteiger partial charge < -0.3 is 0 Å². The normalized spacial score (nSPS) is 5.00. The fourth-order valence-electron chi connectivity index (χ4n) is 0. The minimum atomic E-state index is 1.50. The molecule has 0 aliphatic carbocycles. The molecule has 0 nitrogen and oxygen atoms in total. The minimum absolute atomic E-state index is 1.50. The van der Waals surface area contributed by atoms with E-state index in [1.165, 1.54) is 12.8 Å². The van der Waals surface area contributed by atoms with Gasteiger partial charge in [0.1, 0.15) is 0 Å². The van der Waals surface area contributed by atoms with Crippen molar-refractivity contribution in [3.8, 4) is 0 Å². The summed E-state index contributed by atoms with van der Waals surface area (Å²) in [6.45, 7) is 13.0. The van der Waals surface area contributed by atoms with E-state index in [1.807, 2.05) is 0 Å². The number of halogens is 2. The topological polar surface area (TPSA) is 0 Å². The Morgan fingerprint density at radius 2 is 0.700 bits per heavy atom. The Balaban J connectivity index is -0.0000000246. The fourth-order valence-corrected chi connectivity index (χ4v) is 0. The van der Waals surface area contributed by atoms with Crippen LogP contribution in [0.3, 0.4) is 0 Å². The zero-order valence-corrected chi connectivity index (χ0v) is 8.86. The van der Waals surface area contributed by atoms with Gasteiger partial charge in [-0.2, -0.15) is 0 Å². The molecule has 0 fully saturated rings. The second kappa shape index (κ2) is 76.0. The predicted molar refractivity (Wildman–Crippen MR) is 41.7 cm³/mol. The molecular weight excluding hydrogens is 260 g/mol. The van der Waals surface area contributed by atoms with Crippen LogP contribution >= 0.6 is 20.4 Å². The Labute approximate surface area is 89.7 Å². The number of hydrogen-bond acceptors (Lipinski definition) is 0. The standard InChI is InChI=1S/2C3H5.2ClH.2Ni/c2*1-3-2;;;;/h2*3H,1-2H2;2*1H;;/q;;;;2*+1/p-2. The summed E-state index contributed by atoms with van der Waals surface area (Å²) in [7, 11) is 8.53. The van der Waals surface area contributed by atoms with Crippen LogP contribution in [-0.4, -0.2) is 0 Å². The molecule has 0 aliphatic heterocycles. The van der Waals surface area contributed by atoms with Crippen LogP contribution in [0.25, 0.3) is 0 Å². The molecule has 0 rings (SSSR count). The summed E-state index contributed by atoms with van der Waals surface area (Å²) in [4.78, 5) is 0. The molecule has 0 N–H and O–H groups in total. The van der Waals surface area contributed by atoms with Crippen LogP contribution in [0, 0.1) is 40.5 Å². The molecule has 6 radical (unpaired) electrons. The van der Waals surface area contributed by atoms with Crippen molar-refractivity contribution >= 4 is 20.4 Å². The quantitative estimate of drug-likeness (QED) is 0.593. The van der Waals surface area contributed by atoms with Gasteiger partial charge in [0, 0.05) is 0 Å². The molecule has 0 saturated carbocycles. The maximum atomic E-state index is 4.26. The Bertz CT molecular complexity index is 15.7. The van der Waals surface area contributed by atoms with E-state index >= 15 is 0 Å². The molecule has 0 saturated heterocycles. The second-order valence-electron chi connectivity index (χ2n) is 0.577. The van der Waals surface area contributed by atoms with Crippen molar-refractivity contribution in [2.45, 2.75) is 0 Å². The average molecular weight is 270 g/mol. The van der Waals surface area contributed by atoms with E-state index in [4.69, 9.17) is 0 Å². The first-order valence-electron chi connectivity index (χ1n) is 1.87. The van der Waals surface area contributed by atoms with E-state index in [1.54, 1.807) is 0 Å². The van der Waals surface area contributed by atoms with Crippen molar-refractivity contribution in [2.75, 3.05) is 0 Å². The summed E-state index contributed by atoms with van der Waals surface area (Å²) in [5.74, 6) is 0. The Kier molecular flexibility index (Phi) is 171. The molecule has 68 valence electrons. The molecule has 0 amide bonds. The first kappa shape index (κ1) is 22.6. The van der Waals surface area contributed by atoms with Gasteiger partial charge >= 0.3 is 49.5 Å². The number of rotatable bonds is 0. The van der Waals surface area contributed by atoms with Gasteiger partial charge in [0.25, 0.3) is 0 Å². The van der Waals surface area contributed by atoms with Crippen molar-refractivity contribution < 1.29 is 29.1 Å². The van der Waals surface area contributed by atoms with Crippen LogP contribution in [0.5, 0.6) is 0 Å². The van der Waals surface area contributed by atoms with Crippen molar-refractivity contribution in [2.24, 2.45) is 0 Å². The molecule has 0 aliphatic rings. The second-order valence-corrected chi connectivity index (χ2v) is 0.577. The van der Waals surface area contributed by atoms with Crippen molar-refractivity contribution in [1.29, 1.82) is 0 Å². The van der Waals surface area contributed by atoms with Crippen molar-refractivity contribution in [3.05, 3.63) is 40.5 Å². The third-order valence-electron chi connectivity index (χ3n) is 0. The molecule has 0 aromatic heterocycles. The molecule has 0 unspecified atom stereocenters. The fraction of sp³-hybridized carbons (Fsp3) is 0. The van der Waals surface area contributed by atoms with Crippen LogP contribution in [0.4, 0.5) is 0 Å². The average Bonchev–Trinajstić information content (AvgIpc) is 1.99. The summed E-state index contributed by atoms with van der Waals surface area (Å²) in [6.07, 6.45) is 3.00. The third-order valence-corrected chi connectivity index (χ3v) is 0. The van der Waals surface area contributed by atoms with Gasteiger partial charge in [0.05, 0.1) is 0 Å². The van der Waals surface area contributed by atoms with Gasteiger partial charge in [-0.15, -0.1) is 0 Å². The van der Waals surface area contributed by atoms with Crippen LogP contribution in [0.1, 0.15) is 0 Å². The van der Waals surface area contributed by atoms with E-state index in [9.17, 15) is 0 Å². The first-order valence-corrected chi connectivity index (χ1v) is 4.59. The van der Waals surface area contributed by atoms with Gasteiger partial charge in [-0.25, -0.2) is 0 Å². The molecule has 10 heavy (non-hydrogen) atoms. The Morgan fingerprint density at radius 1 is 0.700 bits per heavy atom. The summed E-state index contributed by atoms with van der Waals surface area (Å²) < 4.78 is 0. The molecule has 4 heteroatoms. The Hall–Kier alpha value is 1.57. The third kappa shape index (κ3) is 286. The molecule has 0 atom stereocenters. The summed E-state index contributed by atoms with van der Waals surface area (Å²) in [6, 6.07) is 0. The molecule has 0 aromatic rings. The zero-order chi connectivity index (χ0) is 9.41. The van der Waals surface area contributed by atoms with E-state index in [-0.39, 0.29) is 0 Å². The van der Waals surface area contributed by atoms with Crippen LogP contribution < -0.4 is 0 Å². The van der Waals surface area contributed by atoms with E-state index in [2.05, 4.69) is 77.2 Å². The monoisotopic (exact) mass is 268 g/mol. The van der Waals surface area contributed by atoms with E-state index in [0.717, 1.165) is 0 Å². The molecule has 0 bridgehead atoms. The molecule has 0 spiro atoms. The zero-order valence-electron chi connectivity index (χ0n) is 5.37. The molecular formula is C6H10Cl2Ni2. The molecule has 0 heterocycles. The summed E-state index contributed by atoms with van der Waals surface area (Å²) in [5, 5.41) is 0. The van der Waals surface area contributed by atoms with Crippen LogP contribution in [-0.2, 0) is 29.1 Å². The van der Waals surface area contributed by atoms with Crippen molar-refractivity contribution in [1.82, 2.24) is 0 Å². The molecule has 0 aromatic carbocycles. The van der Waals surface area contributed by atoms with E-state index < -0.39 is 0 Å². The van der Waals surface area contributed by atoms with Gasteiger partial charge in [-0.05, 0) is 40.5 Å². The van der Waals surface area contributed by atoms with Gasteiger partial charge in [-0.1, -0.05) is 0 Å². The van der Waals surface area contributed by atoms with Gasteiger partial charge in [-0.3, -0.25) is 0 Å². The van der Waals surface area contributed by atoms with Gasteiger partial charge in [0.2, 0.25) is 0 Å². The Morgan fingerprint density at radius 3 is 0.700 bits per heavy atom. The van der Waals surface area contributed by atoms with Crippen LogP contribution in [0.2, 0.25) is 0 Å². The SMILES string of the molecule is [CH2][CH][CH2].[CH2][CH][CH2].[Cl][Ni].[Cl][Ni]. The van der Waals surface area contributed by atoms with Crippen LogP contribution in [0.15, 0.2) is 0 Å².